The normalized spacial score (nSPS) is 14.3. The lowest BCUT2D eigenvalue weighted by Gasteiger charge is -2.25. The highest BCUT2D eigenvalue weighted by atomic mass is 35.5. The van der Waals surface area contributed by atoms with Crippen LogP contribution in [0.1, 0.15) is 18.4 Å². The first kappa shape index (κ1) is 18.6. The largest absolute Gasteiger partial charge is 0.286 e. The van der Waals surface area contributed by atoms with E-state index in [1.54, 1.807) is 19.2 Å². The average Bonchev–Trinajstić information content (AvgIpc) is 3.13. The van der Waals surface area contributed by atoms with Gasteiger partial charge >= 0.3 is 0 Å². The standard InChI is InChI=1S/C20H17ClN4O2S/c1-12-7-8-13(11-14(12)21)25-18(26)10-9-16(23-25)19(27)24(2)20-22-15-5-3-4-6-17(15)28-20/h3-8,11H,9-10H2,1-2H3. The smallest absolute Gasteiger partial charge is 0.276 e. The van der Waals surface area contributed by atoms with Gasteiger partial charge in [-0.1, -0.05) is 41.1 Å². The first-order chi connectivity index (χ1) is 13.4. The lowest BCUT2D eigenvalue weighted by atomic mass is 10.1. The van der Waals surface area contributed by atoms with E-state index in [-0.39, 0.29) is 18.2 Å². The number of halogens is 1. The first-order valence-electron chi connectivity index (χ1n) is 8.74. The van der Waals surface area contributed by atoms with Gasteiger partial charge in [-0.25, -0.2) is 9.99 Å². The Kier molecular flexibility index (Phi) is 4.87. The van der Waals surface area contributed by atoms with Gasteiger partial charge in [0, 0.05) is 24.9 Å². The zero-order chi connectivity index (χ0) is 19.8. The molecule has 0 unspecified atom stereocenters. The number of amides is 2. The molecular formula is C20H17ClN4O2S. The summed E-state index contributed by atoms with van der Waals surface area (Å²) in [5.41, 5.74) is 2.62. The van der Waals surface area contributed by atoms with Crippen molar-refractivity contribution >= 4 is 61.5 Å². The molecule has 0 aliphatic carbocycles. The van der Waals surface area contributed by atoms with Gasteiger partial charge < -0.3 is 0 Å². The minimum atomic E-state index is -0.269. The molecule has 0 saturated heterocycles. The zero-order valence-electron chi connectivity index (χ0n) is 15.3. The number of hydrogen-bond donors (Lipinski definition) is 0. The van der Waals surface area contributed by atoms with E-state index < -0.39 is 0 Å². The van der Waals surface area contributed by atoms with Crippen molar-refractivity contribution in [3.8, 4) is 0 Å². The fraction of sp³-hybridized carbons (Fsp3) is 0.200. The molecule has 2 heterocycles. The van der Waals surface area contributed by atoms with Gasteiger partial charge in [0.15, 0.2) is 5.13 Å². The van der Waals surface area contributed by atoms with E-state index in [1.807, 2.05) is 37.3 Å². The van der Waals surface area contributed by atoms with Gasteiger partial charge in [-0.05, 0) is 36.8 Å². The fourth-order valence-electron chi connectivity index (χ4n) is 2.91. The Morgan fingerprint density at radius 1 is 1.21 bits per heavy atom. The number of benzene rings is 2. The summed E-state index contributed by atoms with van der Waals surface area (Å²) in [6.07, 6.45) is 0.507. The molecule has 6 nitrogen and oxygen atoms in total. The van der Waals surface area contributed by atoms with Crippen LogP contribution in [0.15, 0.2) is 47.6 Å². The number of aromatic nitrogens is 1. The highest BCUT2D eigenvalue weighted by molar-refractivity contribution is 7.22. The van der Waals surface area contributed by atoms with Crippen molar-refractivity contribution in [1.29, 1.82) is 0 Å². The SMILES string of the molecule is Cc1ccc(N2N=C(C(=O)N(C)c3nc4ccccc4s3)CCC2=O)cc1Cl. The van der Waals surface area contributed by atoms with Gasteiger partial charge in [0.2, 0.25) is 5.91 Å². The molecule has 0 atom stereocenters. The number of rotatable bonds is 3. The highest BCUT2D eigenvalue weighted by Gasteiger charge is 2.28. The third-order valence-corrected chi connectivity index (χ3v) is 6.07. The Labute approximate surface area is 171 Å². The number of fused-ring (bicyclic) bond motifs is 1. The molecular weight excluding hydrogens is 396 g/mol. The van der Waals surface area contributed by atoms with Gasteiger partial charge in [-0.3, -0.25) is 14.5 Å². The molecule has 1 aromatic heterocycles. The van der Waals surface area contributed by atoms with E-state index in [0.717, 1.165) is 15.8 Å². The molecule has 0 fully saturated rings. The number of para-hydroxylation sites is 1. The summed E-state index contributed by atoms with van der Waals surface area (Å²) < 4.78 is 1.01. The third kappa shape index (κ3) is 3.39. The number of carbonyl (C=O) groups excluding carboxylic acids is 2. The maximum absolute atomic E-state index is 13.0. The first-order valence-corrected chi connectivity index (χ1v) is 9.93. The summed E-state index contributed by atoms with van der Waals surface area (Å²) in [4.78, 5) is 31.3. The van der Waals surface area contributed by atoms with Crippen LogP contribution in [-0.4, -0.2) is 29.6 Å². The Morgan fingerprint density at radius 3 is 2.75 bits per heavy atom. The molecule has 1 aliphatic rings. The van der Waals surface area contributed by atoms with Crippen molar-refractivity contribution in [2.45, 2.75) is 19.8 Å². The average molecular weight is 413 g/mol. The van der Waals surface area contributed by atoms with E-state index in [9.17, 15) is 9.59 Å². The van der Waals surface area contributed by atoms with E-state index in [4.69, 9.17) is 11.6 Å². The number of hydrazone groups is 1. The van der Waals surface area contributed by atoms with Crippen LogP contribution in [0.25, 0.3) is 10.2 Å². The second kappa shape index (κ2) is 7.33. The van der Waals surface area contributed by atoms with Crippen LogP contribution in [0.3, 0.4) is 0 Å². The minimum absolute atomic E-state index is 0.167. The number of thiazole rings is 1. The van der Waals surface area contributed by atoms with E-state index >= 15 is 0 Å². The monoisotopic (exact) mass is 412 g/mol. The van der Waals surface area contributed by atoms with Crippen molar-refractivity contribution in [3.63, 3.8) is 0 Å². The molecule has 0 spiro atoms. The molecule has 3 aromatic rings. The second-order valence-electron chi connectivity index (χ2n) is 6.51. The van der Waals surface area contributed by atoms with Crippen molar-refractivity contribution in [2.24, 2.45) is 5.10 Å². The molecule has 2 amide bonds. The summed E-state index contributed by atoms with van der Waals surface area (Å²) in [6.45, 7) is 1.88. The maximum Gasteiger partial charge on any atom is 0.276 e. The second-order valence-corrected chi connectivity index (χ2v) is 7.93. The van der Waals surface area contributed by atoms with Crippen LogP contribution in [0, 0.1) is 6.92 Å². The molecule has 2 aromatic carbocycles. The van der Waals surface area contributed by atoms with Crippen LogP contribution in [-0.2, 0) is 9.59 Å². The Balaban J connectivity index is 1.63. The van der Waals surface area contributed by atoms with Crippen LogP contribution < -0.4 is 9.91 Å². The number of nitrogens with zero attached hydrogens (tertiary/aromatic N) is 4. The summed E-state index contributed by atoms with van der Waals surface area (Å²) in [7, 11) is 1.67. The Bertz CT molecular complexity index is 1090. The summed E-state index contributed by atoms with van der Waals surface area (Å²) in [5.74, 6) is -0.436. The number of carbonyl (C=O) groups is 2. The van der Waals surface area contributed by atoms with Crippen LogP contribution >= 0.6 is 22.9 Å². The highest BCUT2D eigenvalue weighted by Crippen LogP contribution is 2.29. The molecule has 142 valence electrons. The maximum atomic E-state index is 13.0. The number of anilines is 2. The van der Waals surface area contributed by atoms with Crippen LogP contribution in [0.5, 0.6) is 0 Å². The molecule has 8 heteroatoms. The van der Waals surface area contributed by atoms with Crippen molar-refractivity contribution in [3.05, 3.63) is 53.1 Å². The van der Waals surface area contributed by atoms with Crippen molar-refractivity contribution < 1.29 is 9.59 Å². The third-order valence-electron chi connectivity index (χ3n) is 4.55. The predicted octanol–water partition coefficient (Wildman–Crippen LogP) is 4.40. The molecule has 28 heavy (non-hydrogen) atoms. The molecule has 0 N–H and O–H groups in total. The van der Waals surface area contributed by atoms with Gasteiger partial charge in [-0.15, -0.1) is 0 Å². The van der Waals surface area contributed by atoms with Gasteiger partial charge in [0.05, 0.1) is 15.9 Å². The fourth-order valence-corrected chi connectivity index (χ4v) is 4.01. The van der Waals surface area contributed by atoms with E-state index in [0.29, 0.717) is 28.0 Å². The Hall–Kier alpha value is -2.77. The number of hydrogen-bond acceptors (Lipinski definition) is 5. The molecule has 1 aliphatic heterocycles. The lowest BCUT2D eigenvalue weighted by Crippen LogP contribution is -2.40. The van der Waals surface area contributed by atoms with Gasteiger partial charge in [0.1, 0.15) is 5.71 Å². The van der Waals surface area contributed by atoms with Crippen molar-refractivity contribution in [1.82, 2.24) is 4.98 Å². The molecule has 0 radical (unpaired) electrons. The zero-order valence-corrected chi connectivity index (χ0v) is 16.9. The van der Waals surface area contributed by atoms with Crippen LogP contribution in [0.2, 0.25) is 5.02 Å². The Morgan fingerprint density at radius 2 is 2.00 bits per heavy atom. The summed E-state index contributed by atoms with van der Waals surface area (Å²) in [5, 5.41) is 6.73. The van der Waals surface area contributed by atoms with Gasteiger partial charge in [-0.2, -0.15) is 5.10 Å². The number of aryl methyl sites for hydroxylation is 1. The van der Waals surface area contributed by atoms with E-state index in [2.05, 4.69) is 10.1 Å². The lowest BCUT2D eigenvalue weighted by molar-refractivity contribution is -0.118. The van der Waals surface area contributed by atoms with Gasteiger partial charge in [0.25, 0.3) is 5.91 Å². The molecule has 0 saturated carbocycles. The minimum Gasteiger partial charge on any atom is -0.286 e. The van der Waals surface area contributed by atoms with E-state index in [1.165, 1.54) is 21.2 Å². The quantitative estimate of drug-likeness (QED) is 0.640. The van der Waals surface area contributed by atoms with Crippen molar-refractivity contribution in [2.75, 3.05) is 17.0 Å². The van der Waals surface area contributed by atoms with Crippen LogP contribution in [0.4, 0.5) is 10.8 Å². The predicted molar refractivity (Wildman–Crippen MR) is 113 cm³/mol. The molecule has 0 bridgehead atoms. The molecule has 4 rings (SSSR count). The summed E-state index contributed by atoms with van der Waals surface area (Å²) in [6, 6.07) is 13.0. The summed E-state index contributed by atoms with van der Waals surface area (Å²) >= 11 is 7.62. The topological polar surface area (TPSA) is 65.9 Å².